The molecule has 2 unspecified atom stereocenters. The van der Waals surface area contributed by atoms with E-state index in [2.05, 4.69) is 4.74 Å². The molecule has 2 N–H and O–H groups in total. The fraction of sp³-hybridized carbons (Fsp3) is 0.900. The third-order valence-corrected chi connectivity index (χ3v) is 2.26. The van der Waals surface area contributed by atoms with E-state index in [-0.39, 0.29) is 25.9 Å². The van der Waals surface area contributed by atoms with Crippen molar-refractivity contribution in [2.75, 3.05) is 19.8 Å². The van der Waals surface area contributed by atoms with Crippen LogP contribution in [-0.2, 0) is 19.0 Å². The molecule has 0 amide bonds. The Balaban J connectivity index is 2.32. The minimum absolute atomic E-state index is 0.0445. The van der Waals surface area contributed by atoms with Crippen molar-refractivity contribution in [2.24, 2.45) is 0 Å². The zero-order valence-corrected chi connectivity index (χ0v) is 9.51. The maximum atomic E-state index is 11.2. The highest BCUT2D eigenvalue weighted by Gasteiger charge is 2.35. The molecule has 94 valence electrons. The van der Waals surface area contributed by atoms with Crippen molar-refractivity contribution >= 4 is 5.97 Å². The van der Waals surface area contributed by atoms with Gasteiger partial charge < -0.3 is 24.4 Å². The molecule has 1 heterocycles. The zero-order valence-electron chi connectivity index (χ0n) is 9.51. The summed E-state index contributed by atoms with van der Waals surface area (Å²) in [6.45, 7) is 3.34. The molecule has 1 saturated heterocycles. The lowest BCUT2D eigenvalue weighted by Crippen LogP contribution is -2.41. The molecule has 0 aromatic rings. The van der Waals surface area contributed by atoms with Gasteiger partial charge >= 0.3 is 5.97 Å². The Labute approximate surface area is 94.1 Å². The van der Waals surface area contributed by atoms with Crippen LogP contribution in [0.3, 0.4) is 0 Å². The topological polar surface area (TPSA) is 85.2 Å². The van der Waals surface area contributed by atoms with E-state index >= 15 is 0 Å². The summed E-state index contributed by atoms with van der Waals surface area (Å²) in [6.07, 6.45) is -0.351. The van der Waals surface area contributed by atoms with Crippen molar-refractivity contribution in [1.29, 1.82) is 0 Å². The molecule has 6 nitrogen and oxygen atoms in total. The van der Waals surface area contributed by atoms with Crippen LogP contribution >= 0.6 is 0 Å². The van der Waals surface area contributed by atoms with Crippen molar-refractivity contribution in [3.05, 3.63) is 0 Å². The number of esters is 1. The highest BCUT2D eigenvalue weighted by atomic mass is 16.7. The first-order valence-corrected chi connectivity index (χ1v) is 5.29. The summed E-state index contributed by atoms with van der Waals surface area (Å²) >= 11 is 0. The van der Waals surface area contributed by atoms with E-state index < -0.39 is 17.9 Å². The lowest BCUT2D eigenvalue weighted by Gasteiger charge is -2.22. The molecular formula is C10H18O6. The Morgan fingerprint density at radius 1 is 1.62 bits per heavy atom. The molecule has 0 radical (unpaired) electrons. The van der Waals surface area contributed by atoms with Crippen molar-refractivity contribution < 1.29 is 29.2 Å². The summed E-state index contributed by atoms with van der Waals surface area (Å²) in [4.78, 5) is 11.2. The number of rotatable bonds is 5. The Morgan fingerprint density at radius 2 is 2.31 bits per heavy atom. The Bertz CT molecular complexity index is 239. The van der Waals surface area contributed by atoms with Crippen LogP contribution in [0.4, 0.5) is 0 Å². The third-order valence-electron chi connectivity index (χ3n) is 2.26. The van der Waals surface area contributed by atoms with Gasteiger partial charge in [0.1, 0.15) is 0 Å². The zero-order chi connectivity index (χ0) is 12.2. The van der Waals surface area contributed by atoms with Crippen LogP contribution in [0.5, 0.6) is 0 Å². The molecule has 0 aromatic carbocycles. The molecule has 0 bridgehead atoms. The summed E-state index contributed by atoms with van der Waals surface area (Å²) in [5.41, 5.74) is 0. The first kappa shape index (κ1) is 13.4. The summed E-state index contributed by atoms with van der Waals surface area (Å²) in [5.74, 6) is -2.79. The predicted octanol–water partition coefficient (Wildman–Crippen LogP) is -0.576. The van der Waals surface area contributed by atoms with Crippen molar-refractivity contribution in [3.63, 3.8) is 0 Å². The van der Waals surface area contributed by atoms with Gasteiger partial charge in [0.05, 0.1) is 32.0 Å². The fourth-order valence-electron chi connectivity index (χ4n) is 1.38. The lowest BCUT2D eigenvalue weighted by molar-refractivity contribution is -0.227. The monoisotopic (exact) mass is 234 g/mol. The van der Waals surface area contributed by atoms with E-state index in [0.717, 1.165) is 0 Å². The molecule has 3 atom stereocenters. The maximum absolute atomic E-state index is 11.2. The van der Waals surface area contributed by atoms with Gasteiger partial charge in [0.15, 0.2) is 0 Å². The van der Waals surface area contributed by atoms with Crippen LogP contribution in [0.2, 0.25) is 0 Å². The number of carbonyl (C=O) groups is 1. The van der Waals surface area contributed by atoms with Crippen molar-refractivity contribution in [1.82, 2.24) is 0 Å². The Hall–Kier alpha value is -0.690. The highest BCUT2D eigenvalue weighted by molar-refractivity contribution is 5.76. The van der Waals surface area contributed by atoms with Crippen molar-refractivity contribution in [3.8, 4) is 0 Å². The molecule has 1 rings (SSSR count). The minimum Gasteiger partial charge on any atom is -0.462 e. The summed E-state index contributed by atoms with van der Waals surface area (Å²) in [6, 6.07) is 0. The SMILES string of the molecule is CCOC(=O)C(C)(O)OC[C@H]1CC(O)CO1. The van der Waals surface area contributed by atoms with E-state index in [1.54, 1.807) is 6.92 Å². The third kappa shape index (κ3) is 3.71. The molecule has 1 aliphatic rings. The molecule has 0 saturated carbocycles. The van der Waals surface area contributed by atoms with Gasteiger partial charge in [-0.1, -0.05) is 0 Å². The van der Waals surface area contributed by atoms with Gasteiger partial charge in [-0.15, -0.1) is 0 Å². The number of hydrogen-bond donors (Lipinski definition) is 2. The average molecular weight is 234 g/mol. The smallest absolute Gasteiger partial charge is 0.366 e. The van der Waals surface area contributed by atoms with E-state index in [0.29, 0.717) is 6.42 Å². The van der Waals surface area contributed by atoms with E-state index in [9.17, 15) is 15.0 Å². The molecule has 1 aliphatic heterocycles. The number of carbonyl (C=O) groups excluding carboxylic acids is 1. The van der Waals surface area contributed by atoms with Gasteiger partial charge in [0, 0.05) is 13.3 Å². The largest absolute Gasteiger partial charge is 0.462 e. The second-order valence-corrected chi connectivity index (χ2v) is 3.86. The van der Waals surface area contributed by atoms with Gasteiger partial charge in [-0.2, -0.15) is 0 Å². The molecule has 0 aliphatic carbocycles. The summed E-state index contributed by atoms with van der Waals surface area (Å²) < 4.78 is 14.8. The Morgan fingerprint density at radius 3 is 2.81 bits per heavy atom. The van der Waals surface area contributed by atoms with Crippen LogP contribution in [0.1, 0.15) is 20.3 Å². The molecule has 0 aromatic heterocycles. The van der Waals surface area contributed by atoms with Crippen molar-refractivity contribution in [2.45, 2.75) is 38.3 Å². The van der Waals surface area contributed by atoms with E-state index in [1.807, 2.05) is 0 Å². The minimum atomic E-state index is -1.97. The second-order valence-electron chi connectivity index (χ2n) is 3.86. The number of aliphatic hydroxyl groups excluding tert-OH is 1. The van der Waals surface area contributed by atoms with Crippen LogP contribution in [0.25, 0.3) is 0 Å². The van der Waals surface area contributed by atoms with Gasteiger partial charge in [-0.3, -0.25) is 0 Å². The summed E-state index contributed by atoms with van der Waals surface area (Å²) in [7, 11) is 0. The number of ether oxygens (including phenoxy) is 3. The maximum Gasteiger partial charge on any atom is 0.366 e. The fourth-order valence-corrected chi connectivity index (χ4v) is 1.38. The predicted molar refractivity (Wildman–Crippen MR) is 53.6 cm³/mol. The molecule has 1 fully saturated rings. The van der Waals surface area contributed by atoms with Gasteiger partial charge in [0.25, 0.3) is 5.79 Å². The molecule has 16 heavy (non-hydrogen) atoms. The quantitative estimate of drug-likeness (QED) is 0.489. The normalized spacial score (nSPS) is 28.8. The standard InChI is InChI=1S/C10H18O6/c1-3-14-9(12)10(2,13)16-6-8-4-7(11)5-15-8/h7-8,11,13H,3-6H2,1-2H3/t7?,8-,10?/m1/s1. The second kappa shape index (κ2) is 5.58. The van der Waals surface area contributed by atoms with Crippen LogP contribution in [0.15, 0.2) is 0 Å². The first-order valence-electron chi connectivity index (χ1n) is 5.29. The molecule has 0 spiro atoms. The first-order chi connectivity index (χ1) is 7.45. The van der Waals surface area contributed by atoms with Crippen LogP contribution in [-0.4, -0.2) is 54.0 Å². The highest BCUT2D eigenvalue weighted by Crippen LogP contribution is 2.16. The Kier molecular flexibility index (Phi) is 4.67. The summed E-state index contributed by atoms with van der Waals surface area (Å²) in [5, 5.41) is 18.8. The lowest BCUT2D eigenvalue weighted by atomic mass is 10.2. The van der Waals surface area contributed by atoms with E-state index in [4.69, 9.17) is 9.47 Å². The van der Waals surface area contributed by atoms with Gasteiger partial charge in [-0.05, 0) is 6.92 Å². The average Bonchev–Trinajstić information content (AvgIpc) is 2.62. The van der Waals surface area contributed by atoms with Crippen LogP contribution in [0, 0.1) is 0 Å². The van der Waals surface area contributed by atoms with E-state index in [1.165, 1.54) is 6.92 Å². The van der Waals surface area contributed by atoms with Gasteiger partial charge in [0.2, 0.25) is 0 Å². The number of hydrogen-bond acceptors (Lipinski definition) is 6. The molecular weight excluding hydrogens is 216 g/mol. The van der Waals surface area contributed by atoms with Crippen LogP contribution < -0.4 is 0 Å². The van der Waals surface area contributed by atoms with Gasteiger partial charge in [-0.25, -0.2) is 4.79 Å². The number of aliphatic hydroxyl groups is 2. The molecule has 6 heteroatoms.